The third-order valence-corrected chi connectivity index (χ3v) is 2.26. The number of halogens is 1. The molecule has 0 amide bonds. The minimum absolute atomic E-state index is 0.577. The molecule has 0 aromatic heterocycles. The molecular weight excluding hydrogens is 236 g/mol. The van der Waals surface area contributed by atoms with E-state index in [-0.39, 0.29) is 0 Å². The van der Waals surface area contributed by atoms with E-state index >= 15 is 0 Å². The lowest BCUT2D eigenvalue weighted by atomic mass is 10.2. The van der Waals surface area contributed by atoms with Crippen LogP contribution in [0.15, 0.2) is 24.3 Å². The fraction of sp³-hybridized carbons (Fsp3) is 0.429. The van der Waals surface area contributed by atoms with Crippen molar-refractivity contribution in [1.29, 1.82) is 0 Å². The van der Waals surface area contributed by atoms with Crippen LogP contribution >= 0.6 is 11.6 Å². The maximum absolute atomic E-state index is 5.54. The van der Waals surface area contributed by atoms with Gasteiger partial charge >= 0.3 is 0 Å². The van der Waals surface area contributed by atoms with Crippen LogP contribution in [0.25, 0.3) is 0 Å². The lowest BCUT2D eigenvalue weighted by Gasteiger charge is -2.05. The summed E-state index contributed by atoms with van der Waals surface area (Å²) in [5.74, 6) is 7.47. The zero-order valence-electron chi connectivity index (χ0n) is 10.0. The summed E-state index contributed by atoms with van der Waals surface area (Å²) in [6, 6.07) is 7.76. The van der Waals surface area contributed by atoms with E-state index in [0.717, 1.165) is 30.8 Å². The Morgan fingerprint density at radius 3 is 2.59 bits per heavy atom. The third kappa shape index (κ3) is 6.21. The average molecular weight is 253 g/mol. The van der Waals surface area contributed by atoms with E-state index in [1.54, 1.807) is 7.11 Å². The van der Waals surface area contributed by atoms with E-state index in [1.807, 2.05) is 24.3 Å². The van der Waals surface area contributed by atoms with Gasteiger partial charge in [0.1, 0.15) is 5.75 Å². The molecule has 0 N–H and O–H groups in total. The first-order chi connectivity index (χ1) is 8.36. The fourth-order valence-corrected chi connectivity index (χ4v) is 1.33. The van der Waals surface area contributed by atoms with Crippen LogP contribution in [0.1, 0.15) is 18.4 Å². The van der Waals surface area contributed by atoms with Gasteiger partial charge in [-0.25, -0.2) is 0 Å². The predicted molar refractivity (Wildman–Crippen MR) is 70.6 cm³/mol. The van der Waals surface area contributed by atoms with Gasteiger partial charge in [0, 0.05) is 38.0 Å². The first kappa shape index (κ1) is 13.9. The normalized spacial score (nSPS) is 9.53. The fourth-order valence-electron chi connectivity index (χ4n) is 1.24. The number of hydrogen-bond donors (Lipinski definition) is 0. The van der Waals surface area contributed by atoms with Gasteiger partial charge in [0.2, 0.25) is 0 Å². The van der Waals surface area contributed by atoms with Crippen LogP contribution in [-0.4, -0.2) is 26.2 Å². The van der Waals surface area contributed by atoms with E-state index < -0.39 is 0 Å². The second-order valence-corrected chi connectivity index (χ2v) is 3.84. The van der Waals surface area contributed by atoms with E-state index in [0.29, 0.717) is 12.5 Å². The molecule has 0 bridgehead atoms. The van der Waals surface area contributed by atoms with E-state index in [4.69, 9.17) is 21.1 Å². The average Bonchev–Trinajstić information content (AvgIpc) is 2.37. The molecule has 0 atom stereocenters. The Kier molecular flexibility index (Phi) is 7.29. The van der Waals surface area contributed by atoms with Gasteiger partial charge < -0.3 is 9.47 Å². The van der Waals surface area contributed by atoms with Crippen molar-refractivity contribution in [3.63, 3.8) is 0 Å². The van der Waals surface area contributed by atoms with Crippen molar-refractivity contribution < 1.29 is 9.47 Å². The first-order valence-corrected chi connectivity index (χ1v) is 6.17. The molecule has 92 valence electrons. The molecule has 0 aliphatic rings. The molecule has 0 unspecified atom stereocenters. The molecule has 1 rings (SSSR count). The molecule has 0 saturated carbocycles. The minimum atomic E-state index is 0.577. The number of methoxy groups -OCH3 is 1. The van der Waals surface area contributed by atoms with Gasteiger partial charge in [0.15, 0.2) is 0 Å². The quantitative estimate of drug-likeness (QED) is 0.440. The summed E-state index contributed by atoms with van der Waals surface area (Å²) in [6.07, 6.45) is 1.62. The zero-order chi connectivity index (χ0) is 12.3. The predicted octanol–water partition coefficient (Wildman–Crippen LogP) is 3.08. The number of alkyl halides is 1. The van der Waals surface area contributed by atoms with Gasteiger partial charge in [-0.1, -0.05) is 11.8 Å². The number of hydrogen-bond acceptors (Lipinski definition) is 2. The molecule has 1 aromatic carbocycles. The standard InChI is InChI=1S/C14H17ClO2/c1-16-11-4-12-17-14-8-6-13(7-9-14)5-2-3-10-15/h6-9H,3-4,10-12H2,1H3. The lowest BCUT2D eigenvalue weighted by Crippen LogP contribution is -2.01. The van der Waals surface area contributed by atoms with Crippen LogP contribution in [0, 0.1) is 11.8 Å². The van der Waals surface area contributed by atoms with Crippen LogP contribution in [-0.2, 0) is 4.74 Å². The van der Waals surface area contributed by atoms with Crippen LogP contribution in [0.3, 0.4) is 0 Å². The maximum atomic E-state index is 5.54. The monoisotopic (exact) mass is 252 g/mol. The molecule has 0 saturated heterocycles. The molecule has 0 aliphatic heterocycles. The number of benzene rings is 1. The first-order valence-electron chi connectivity index (χ1n) is 5.63. The second kappa shape index (κ2) is 8.92. The zero-order valence-corrected chi connectivity index (χ0v) is 10.8. The molecule has 2 nitrogen and oxygen atoms in total. The van der Waals surface area contributed by atoms with Crippen molar-refractivity contribution >= 4 is 11.6 Å². The Balaban J connectivity index is 2.37. The lowest BCUT2D eigenvalue weighted by molar-refractivity contribution is 0.172. The summed E-state index contributed by atoms with van der Waals surface area (Å²) in [5, 5.41) is 0. The van der Waals surface area contributed by atoms with Crippen molar-refractivity contribution in [2.45, 2.75) is 12.8 Å². The Morgan fingerprint density at radius 2 is 1.94 bits per heavy atom. The van der Waals surface area contributed by atoms with Crippen LogP contribution in [0.5, 0.6) is 5.75 Å². The van der Waals surface area contributed by atoms with Crippen molar-refractivity contribution in [2.75, 3.05) is 26.2 Å². The highest BCUT2D eigenvalue weighted by Crippen LogP contribution is 2.11. The molecule has 0 radical (unpaired) electrons. The van der Waals surface area contributed by atoms with E-state index in [9.17, 15) is 0 Å². The highest BCUT2D eigenvalue weighted by Gasteiger charge is 1.93. The highest BCUT2D eigenvalue weighted by atomic mass is 35.5. The summed E-state index contributed by atoms with van der Waals surface area (Å²) < 4.78 is 10.5. The Hall–Kier alpha value is -1.17. The third-order valence-electron chi connectivity index (χ3n) is 2.07. The summed E-state index contributed by atoms with van der Waals surface area (Å²) in [7, 11) is 1.69. The van der Waals surface area contributed by atoms with Gasteiger partial charge in [-0.05, 0) is 24.3 Å². The molecule has 17 heavy (non-hydrogen) atoms. The Bertz CT molecular complexity index is 362. The Morgan fingerprint density at radius 1 is 1.18 bits per heavy atom. The van der Waals surface area contributed by atoms with Crippen LogP contribution in [0.4, 0.5) is 0 Å². The van der Waals surface area contributed by atoms with Gasteiger partial charge in [0.05, 0.1) is 6.61 Å². The molecule has 0 spiro atoms. The topological polar surface area (TPSA) is 18.5 Å². The largest absolute Gasteiger partial charge is 0.494 e. The van der Waals surface area contributed by atoms with E-state index in [2.05, 4.69) is 11.8 Å². The number of ether oxygens (including phenoxy) is 2. The molecule has 3 heteroatoms. The molecule has 0 fully saturated rings. The van der Waals surface area contributed by atoms with Crippen molar-refractivity contribution in [2.24, 2.45) is 0 Å². The summed E-state index contributed by atoms with van der Waals surface area (Å²) >= 11 is 5.54. The summed E-state index contributed by atoms with van der Waals surface area (Å²) in [6.45, 7) is 1.40. The minimum Gasteiger partial charge on any atom is -0.494 e. The molecule has 0 heterocycles. The molecular formula is C14H17ClO2. The maximum Gasteiger partial charge on any atom is 0.119 e. The summed E-state index contributed by atoms with van der Waals surface area (Å²) in [4.78, 5) is 0. The van der Waals surface area contributed by atoms with Gasteiger partial charge in [-0.15, -0.1) is 11.6 Å². The molecule has 1 aromatic rings. The van der Waals surface area contributed by atoms with Gasteiger partial charge in [0.25, 0.3) is 0 Å². The van der Waals surface area contributed by atoms with Crippen molar-refractivity contribution in [3.8, 4) is 17.6 Å². The smallest absolute Gasteiger partial charge is 0.119 e. The van der Waals surface area contributed by atoms with Gasteiger partial charge in [-0.3, -0.25) is 0 Å². The van der Waals surface area contributed by atoms with Crippen molar-refractivity contribution in [1.82, 2.24) is 0 Å². The van der Waals surface area contributed by atoms with Crippen molar-refractivity contribution in [3.05, 3.63) is 29.8 Å². The SMILES string of the molecule is COCCCOc1ccc(C#CCCCl)cc1. The summed E-state index contributed by atoms with van der Waals surface area (Å²) in [5.41, 5.74) is 0.986. The van der Waals surface area contributed by atoms with Crippen LogP contribution < -0.4 is 4.74 Å². The Labute approximate surface area is 108 Å². The molecule has 0 aliphatic carbocycles. The van der Waals surface area contributed by atoms with E-state index in [1.165, 1.54) is 0 Å². The number of rotatable bonds is 6. The van der Waals surface area contributed by atoms with Gasteiger partial charge in [-0.2, -0.15) is 0 Å². The second-order valence-electron chi connectivity index (χ2n) is 3.46. The van der Waals surface area contributed by atoms with Crippen LogP contribution in [0.2, 0.25) is 0 Å². The highest BCUT2D eigenvalue weighted by molar-refractivity contribution is 6.18.